The minimum atomic E-state index is -0.402. The number of halogens is 1. The molecule has 3 aromatic carbocycles. The van der Waals surface area contributed by atoms with Gasteiger partial charge < -0.3 is 14.8 Å². The van der Waals surface area contributed by atoms with Gasteiger partial charge in [0.15, 0.2) is 5.82 Å². The van der Waals surface area contributed by atoms with Gasteiger partial charge in [0.25, 0.3) is 0 Å². The summed E-state index contributed by atoms with van der Waals surface area (Å²) in [5.74, 6) is 0.877. The number of amides is 1. The van der Waals surface area contributed by atoms with Crippen molar-refractivity contribution in [2.24, 2.45) is 5.92 Å². The third-order valence-corrected chi connectivity index (χ3v) is 6.34. The van der Waals surface area contributed by atoms with Crippen molar-refractivity contribution in [2.45, 2.75) is 25.7 Å². The number of carbonyl (C=O) groups excluding carboxylic acids is 1. The van der Waals surface area contributed by atoms with Crippen LogP contribution in [0.2, 0.25) is 0 Å². The summed E-state index contributed by atoms with van der Waals surface area (Å²) < 4.78 is 27.2. The van der Waals surface area contributed by atoms with Crippen molar-refractivity contribution in [1.29, 1.82) is 0 Å². The van der Waals surface area contributed by atoms with Crippen LogP contribution in [0.25, 0.3) is 17.1 Å². The molecule has 1 aliphatic carbocycles. The monoisotopic (exact) mass is 486 g/mol. The van der Waals surface area contributed by atoms with E-state index in [1.54, 1.807) is 30.0 Å². The minimum Gasteiger partial charge on any atom is -0.497 e. The molecule has 1 saturated carbocycles. The number of hydrogen-bond donors (Lipinski definition) is 1. The molecule has 0 unspecified atom stereocenters. The van der Waals surface area contributed by atoms with E-state index in [1.807, 2.05) is 48.5 Å². The quantitative estimate of drug-likeness (QED) is 0.341. The summed E-state index contributed by atoms with van der Waals surface area (Å²) >= 11 is 0. The summed E-state index contributed by atoms with van der Waals surface area (Å²) in [6.07, 6.45) is 3.64. The zero-order chi connectivity index (χ0) is 24.9. The highest BCUT2D eigenvalue weighted by molar-refractivity contribution is 5.93. The number of hydrogen-bond acceptors (Lipinski definition) is 5. The maximum atomic E-state index is 14.7. The Hall–Kier alpha value is -4.20. The fourth-order valence-electron chi connectivity index (χ4n) is 4.00. The molecule has 1 aromatic heterocycles. The molecule has 7 nitrogen and oxygen atoms in total. The molecule has 0 radical (unpaired) electrons. The van der Waals surface area contributed by atoms with Crippen LogP contribution in [0.4, 0.5) is 10.1 Å². The van der Waals surface area contributed by atoms with E-state index in [-0.39, 0.29) is 17.8 Å². The van der Waals surface area contributed by atoms with E-state index in [1.165, 1.54) is 6.07 Å². The zero-order valence-electron chi connectivity index (χ0n) is 20.0. The molecule has 1 aliphatic rings. The molecular weight excluding hydrogens is 459 g/mol. The molecule has 0 spiro atoms. The van der Waals surface area contributed by atoms with Gasteiger partial charge in [0, 0.05) is 18.0 Å². The molecule has 0 bridgehead atoms. The lowest BCUT2D eigenvalue weighted by Gasteiger charge is -2.24. The average molecular weight is 487 g/mol. The van der Waals surface area contributed by atoms with E-state index in [0.717, 1.165) is 30.6 Å². The SMILES string of the molecule is COc1ccc(CCOc2nc(-c3ccccc3F)n(-c3ccc(NC(=O)C4CCC4)cc3)n2)cc1. The molecule has 1 N–H and O–H groups in total. The molecule has 5 rings (SSSR count). The summed E-state index contributed by atoms with van der Waals surface area (Å²) in [6, 6.07) is 21.6. The van der Waals surface area contributed by atoms with Gasteiger partial charge in [0.05, 0.1) is 25.0 Å². The highest BCUT2D eigenvalue weighted by Gasteiger charge is 2.25. The topological polar surface area (TPSA) is 78.3 Å². The number of carbonyl (C=O) groups is 1. The summed E-state index contributed by atoms with van der Waals surface area (Å²) in [5, 5.41) is 7.46. The second-order valence-corrected chi connectivity index (χ2v) is 8.72. The van der Waals surface area contributed by atoms with Gasteiger partial charge in [0.2, 0.25) is 5.91 Å². The maximum absolute atomic E-state index is 14.7. The van der Waals surface area contributed by atoms with Gasteiger partial charge in [-0.25, -0.2) is 9.07 Å². The zero-order valence-corrected chi connectivity index (χ0v) is 20.0. The first-order valence-electron chi connectivity index (χ1n) is 12.0. The van der Waals surface area contributed by atoms with E-state index < -0.39 is 5.82 Å². The third kappa shape index (κ3) is 5.22. The molecule has 0 saturated heterocycles. The molecule has 184 valence electrons. The lowest BCUT2D eigenvalue weighted by Crippen LogP contribution is -2.27. The summed E-state index contributed by atoms with van der Waals surface area (Å²) in [5.41, 5.74) is 2.79. The molecule has 4 aromatic rings. The van der Waals surface area contributed by atoms with Crippen LogP contribution >= 0.6 is 0 Å². The van der Waals surface area contributed by atoms with Gasteiger partial charge >= 0.3 is 6.01 Å². The Kier molecular flexibility index (Phi) is 6.93. The van der Waals surface area contributed by atoms with Gasteiger partial charge in [-0.15, -0.1) is 5.10 Å². The van der Waals surface area contributed by atoms with Crippen molar-refractivity contribution in [3.63, 3.8) is 0 Å². The van der Waals surface area contributed by atoms with Crippen molar-refractivity contribution in [3.8, 4) is 28.8 Å². The molecule has 8 heteroatoms. The second kappa shape index (κ2) is 10.6. The molecular formula is C28H27FN4O3. The maximum Gasteiger partial charge on any atom is 0.336 e. The van der Waals surface area contributed by atoms with E-state index in [9.17, 15) is 9.18 Å². The number of rotatable bonds is 9. The minimum absolute atomic E-state index is 0.0503. The Morgan fingerprint density at radius 1 is 1.06 bits per heavy atom. The van der Waals surface area contributed by atoms with Crippen LogP contribution in [-0.2, 0) is 11.2 Å². The lowest BCUT2D eigenvalue weighted by molar-refractivity contribution is -0.122. The first-order chi connectivity index (χ1) is 17.6. The van der Waals surface area contributed by atoms with Gasteiger partial charge in [-0.1, -0.05) is 30.7 Å². The summed E-state index contributed by atoms with van der Waals surface area (Å²) in [7, 11) is 1.63. The van der Waals surface area contributed by atoms with E-state index in [2.05, 4.69) is 15.4 Å². The molecule has 0 aliphatic heterocycles. The second-order valence-electron chi connectivity index (χ2n) is 8.72. The van der Waals surface area contributed by atoms with Gasteiger partial charge in [-0.2, -0.15) is 4.98 Å². The van der Waals surface area contributed by atoms with Crippen molar-refractivity contribution in [3.05, 3.63) is 84.2 Å². The number of aromatic nitrogens is 3. The van der Waals surface area contributed by atoms with Crippen molar-refractivity contribution in [1.82, 2.24) is 14.8 Å². The van der Waals surface area contributed by atoms with E-state index in [0.29, 0.717) is 35.8 Å². The number of nitrogens with zero attached hydrogens (tertiary/aromatic N) is 3. The van der Waals surface area contributed by atoms with E-state index in [4.69, 9.17) is 9.47 Å². The summed E-state index contributed by atoms with van der Waals surface area (Å²) in [6.45, 7) is 0.360. The van der Waals surface area contributed by atoms with Gasteiger partial charge in [0.1, 0.15) is 11.6 Å². The predicted molar refractivity (Wildman–Crippen MR) is 135 cm³/mol. The van der Waals surface area contributed by atoms with Crippen LogP contribution in [0.1, 0.15) is 24.8 Å². The van der Waals surface area contributed by atoms with Gasteiger partial charge in [-0.05, 0) is 66.9 Å². The molecule has 36 heavy (non-hydrogen) atoms. The Morgan fingerprint density at radius 3 is 2.47 bits per heavy atom. The number of nitrogens with one attached hydrogen (secondary N) is 1. The van der Waals surface area contributed by atoms with Crippen molar-refractivity contribution >= 4 is 11.6 Å². The standard InChI is InChI=1S/C28H27FN4O3/c1-35-23-15-9-19(10-16-23)17-18-36-28-31-26(24-7-2-3-8-25(24)29)33(32-28)22-13-11-21(12-14-22)30-27(34)20-5-4-6-20/h2-3,7-16,20H,4-6,17-18H2,1H3,(H,30,34). The van der Waals surface area contributed by atoms with Crippen LogP contribution < -0.4 is 14.8 Å². The molecule has 1 amide bonds. The Morgan fingerprint density at radius 2 is 1.81 bits per heavy atom. The van der Waals surface area contributed by atoms with Crippen LogP contribution in [0.3, 0.4) is 0 Å². The number of benzene rings is 3. The summed E-state index contributed by atoms with van der Waals surface area (Å²) in [4.78, 5) is 16.8. The fourth-order valence-corrected chi connectivity index (χ4v) is 4.00. The molecule has 1 heterocycles. The third-order valence-electron chi connectivity index (χ3n) is 6.34. The van der Waals surface area contributed by atoms with Crippen LogP contribution in [-0.4, -0.2) is 34.4 Å². The highest BCUT2D eigenvalue weighted by atomic mass is 19.1. The number of ether oxygens (including phenoxy) is 2. The van der Waals surface area contributed by atoms with Gasteiger partial charge in [-0.3, -0.25) is 4.79 Å². The number of anilines is 1. The Labute approximate surface area is 208 Å². The number of methoxy groups -OCH3 is 1. The highest BCUT2D eigenvalue weighted by Crippen LogP contribution is 2.29. The molecule has 1 fully saturated rings. The van der Waals surface area contributed by atoms with Crippen LogP contribution in [0.5, 0.6) is 11.8 Å². The Bertz CT molecular complexity index is 1330. The Balaban J connectivity index is 1.35. The first-order valence-corrected chi connectivity index (χ1v) is 12.0. The molecule has 0 atom stereocenters. The van der Waals surface area contributed by atoms with Crippen molar-refractivity contribution in [2.75, 3.05) is 19.0 Å². The lowest BCUT2D eigenvalue weighted by atomic mass is 9.85. The fraction of sp³-hybridized carbons (Fsp3) is 0.250. The largest absolute Gasteiger partial charge is 0.497 e. The van der Waals surface area contributed by atoms with E-state index >= 15 is 0 Å². The first kappa shape index (κ1) is 23.5. The van der Waals surface area contributed by atoms with Crippen LogP contribution in [0.15, 0.2) is 72.8 Å². The average Bonchev–Trinajstić information content (AvgIpc) is 3.28. The predicted octanol–water partition coefficient (Wildman–Crippen LogP) is 5.44. The van der Waals surface area contributed by atoms with Crippen molar-refractivity contribution < 1.29 is 18.7 Å². The normalized spacial score (nSPS) is 13.2. The van der Waals surface area contributed by atoms with Crippen LogP contribution in [0, 0.1) is 11.7 Å². The smallest absolute Gasteiger partial charge is 0.336 e.